The summed E-state index contributed by atoms with van der Waals surface area (Å²) in [7, 11) is 0. The van der Waals surface area contributed by atoms with Gasteiger partial charge in [0.05, 0.1) is 11.3 Å². The number of thioether (sulfide) groups is 1. The van der Waals surface area contributed by atoms with Crippen LogP contribution < -0.4 is 15.4 Å². The fourth-order valence-electron chi connectivity index (χ4n) is 7.45. The monoisotopic (exact) mass is 718 g/mol. The maximum atomic E-state index is 13.6. The fourth-order valence-corrected chi connectivity index (χ4v) is 8.52. The van der Waals surface area contributed by atoms with Gasteiger partial charge >= 0.3 is 11.9 Å². The predicted octanol–water partition coefficient (Wildman–Crippen LogP) is 8.39. The molecule has 3 unspecified atom stereocenters. The van der Waals surface area contributed by atoms with Crippen molar-refractivity contribution in [3.63, 3.8) is 0 Å². The van der Waals surface area contributed by atoms with Crippen molar-refractivity contribution in [3.8, 4) is 23.0 Å². The predicted molar refractivity (Wildman–Crippen MR) is 199 cm³/mol. The summed E-state index contributed by atoms with van der Waals surface area (Å²) in [6, 6.07) is 14.8. The highest BCUT2D eigenvalue weighted by molar-refractivity contribution is 7.99. The number of carbonyl (C=O) groups is 2. The molecule has 0 aromatic heterocycles. The number of rotatable bonds is 11. The summed E-state index contributed by atoms with van der Waals surface area (Å²) in [5, 5.41) is 27.1. The number of aromatic hydroxyl groups is 2. The first-order valence-corrected chi connectivity index (χ1v) is 19.3. The van der Waals surface area contributed by atoms with Crippen molar-refractivity contribution in [2.45, 2.75) is 83.3 Å². The van der Waals surface area contributed by atoms with Gasteiger partial charge in [0.2, 0.25) is 0 Å². The van der Waals surface area contributed by atoms with Crippen LogP contribution in [0.25, 0.3) is 0 Å². The number of fused-ring (bicyclic) bond motifs is 6. The average Bonchev–Trinajstić information content (AvgIpc) is 3.36. The Hall–Kier alpha value is -3.96. The van der Waals surface area contributed by atoms with Gasteiger partial charge in [-0.25, -0.2) is 4.79 Å². The minimum atomic E-state index is -1.35. The molecule has 6 rings (SSSR count). The number of phenolic OH excluding ortho intramolecular Hbond substituents is 2. The number of esters is 2. The van der Waals surface area contributed by atoms with Gasteiger partial charge in [-0.2, -0.15) is 11.8 Å². The normalized spacial score (nSPS) is 19.4. The van der Waals surface area contributed by atoms with E-state index in [-0.39, 0.29) is 23.6 Å². The number of phenols is 2. The van der Waals surface area contributed by atoms with Crippen LogP contribution in [0.4, 0.5) is 5.69 Å². The van der Waals surface area contributed by atoms with Crippen LogP contribution in [-0.2, 0) is 19.9 Å². The van der Waals surface area contributed by atoms with E-state index in [9.17, 15) is 19.8 Å². The molecule has 1 saturated carbocycles. The zero-order valence-corrected chi connectivity index (χ0v) is 30.3. The fraction of sp³-hybridized carbons (Fsp3) is 0.462. The number of anilines is 1. The summed E-state index contributed by atoms with van der Waals surface area (Å²) in [6.45, 7) is 5.02. The molecule has 2 heterocycles. The second kappa shape index (κ2) is 15.9. The zero-order chi connectivity index (χ0) is 35.3. The van der Waals surface area contributed by atoms with Gasteiger partial charge in [0.1, 0.15) is 29.1 Å². The summed E-state index contributed by atoms with van der Waals surface area (Å²) in [5.41, 5.74) is 1.22. The molecular formula is C39H46N2O7S2. The van der Waals surface area contributed by atoms with E-state index >= 15 is 0 Å². The summed E-state index contributed by atoms with van der Waals surface area (Å²) in [4.78, 5) is 26.1. The van der Waals surface area contributed by atoms with Crippen molar-refractivity contribution in [1.29, 1.82) is 0 Å². The second-order valence-corrected chi connectivity index (χ2v) is 15.3. The van der Waals surface area contributed by atoms with Gasteiger partial charge in [0, 0.05) is 47.5 Å². The number of thiocarbonyl (C=S) groups is 1. The molecule has 0 saturated heterocycles. The van der Waals surface area contributed by atoms with E-state index in [1.165, 1.54) is 49.9 Å². The van der Waals surface area contributed by atoms with E-state index in [1.54, 1.807) is 30.0 Å². The van der Waals surface area contributed by atoms with Crippen molar-refractivity contribution >= 4 is 46.7 Å². The van der Waals surface area contributed by atoms with Crippen molar-refractivity contribution in [1.82, 2.24) is 5.32 Å². The molecule has 1 aliphatic carbocycles. The number of hydrogen-bond acceptors (Lipinski definition) is 9. The summed E-state index contributed by atoms with van der Waals surface area (Å²) >= 11 is 7.38. The number of ether oxygens (including phenoxy) is 3. The number of nitrogens with one attached hydrogen (secondary N) is 2. The average molecular weight is 719 g/mol. The van der Waals surface area contributed by atoms with Crippen LogP contribution in [0.15, 0.2) is 54.6 Å². The SMILES string of the molecule is CC1CCCCCC(C(C)OC(=O)CCCCSCCNC(=S)Nc2cccc3c2C(=O)OC32c3ccc(O)cc3Oc3cc(O)ccc32)C1. The van der Waals surface area contributed by atoms with Gasteiger partial charge in [0.15, 0.2) is 10.7 Å². The van der Waals surface area contributed by atoms with E-state index < -0.39 is 11.6 Å². The Morgan fingerprint density at radius 2 is 1.72 bits per heavy atom. The van der Waals surface area contributed by atoms with Gasteiger partial charge < -0.3 is 35.1 Å². The van der Waals surface area contributed by atoms with Gasteiger partial charge in [-0.15, -0.1) is 0 Å². The molecule has 4 N–H and O–H groups in total. The maximum Gasteiger partial charge on any atom is 0.342 e. The van der Waals surface area contributed by atoms with E-state index in [1.807, 2.05) is 12.1 Å². The highest BCUT2D eigenvalue weighted by Crippen LogP contribution is 2.57. The molecule has 9 nitrogen and oxygen atoms in total. The quantitative estimate of drug-likeness (QED) is 0.0868. The summed E-state index contributed by atoms with van der Waals surface area (Å²) in [6.07, 6.45) is 9.62. The Bertz CT molecular complexity index is 1680. The molecule has 50 heavy (non-hydrogen) atoms. The standard InChI is InChI=1S/C39H46N2O7S2/c1-24-9-4-3-5-10-26(21-24)25(2)46-35(44)13-6-7-19-50-20-18-40-38(49)41-32-12-8-11-31-36(32)37(45)48-39(31)29-16-14-27(42)22-33(29)47-34-23-28(43)15-17-30(34)39/h8,11-12,14-17,22-26,42-43H,3-7,9-10,13,18-21H2,1-2H3,(H2,40,41,49). The third-order valence-electron chi connectivity index (χ3n) is 9.96. The third kappa shape index (κ3) is 7.84. The van der Waals surface area contributed by atoms with Crippen molar-refractivity contribution in [2.75, 3.05) is 23.4 Å². The van der Waals surface area contributed by atoms with Gasteiger partial charge in [-0.3, -0.25) is 4.79 Å². The molecule has 1 spiro atoms. The Morgan fingerprint density at radius 3 is 2.46 bits per heavy atom. The topological polar surface area (TPSA) is 126 Å². The lowest BCUT2D eigenvalue weighted by molar-refractivity contribution is -0.151. The molecule has 0 bridgehead atoms. The van der Waals surface area contributed by atoms with Crippen LogP contribution in [0.5, 0.6) is 23.0 Å². The third-order valence-corrected chi connectivity index (χ3v) is 11.3. The van der Waals surface area contributed by atoms with Crippen molar-refractivity contribution in [2.24, 2.45) is 11.8 Å². The Balaban J connectivity index is 0.979. The molecule has 0 radical (unpaired) electrons. The number of carbonyl (C=O) groups excluding carboxylic acids is 2. The number of benzene rings is 3. The van der Waals surface area contributed by atoms with Gasteiger partial charge in [0.25, 0.3) is 0 Å². The first-order chi connectivity index (χ1) is 24.2. The summed E-state index contributed by atoms with van der Waals surface area (Å²) < 4.78 is 18.1. The van der Waals surface area contributed by atoms with Crippen LogP contribution in [0.2, 0.25) is 0 Å². The highest BCUT2D eigenvalue weighted by Gasteiger charge is 2.54. The lowest BCUT2D eigenvalue weighted by atomic mass is 9.77. The van der Waals surface area contributed by atoms with Gasteiger partial charge in [-0.1, -0.05) is 44.7 Å². The van der Waals surface area contributed by atoms with Gasteiger partial charge in [-0.05, 0) is 92.7 Å². The lowest BCUT2D eigenvalue weighted by Crippen LogP contribution is -2.33. The van der Waals surface area contributed by atoms with Crippen LogP contribution in [0.1, 0.15) is 98.7 Å². The van der Waals surface area contributed by atoms with Crippen LogP contribution in [-0.4, -0.2) is 51.4 Å². The summed E-state index contributed by atoms with van der Waals surface area (Å²) in [5.74, 6) is 2.96. The minimum Gasteiger partial charge on any atom is -0.508 e. The number of unbranched alkanes of at least 4 members (excludes halogenated alkanes) is 1. The molecule has 2 aliphatic heterocycles. The van der Waals surface area contributed by atoms with Crippen molar-refractivity contribution in [3.05, 3.63) is 76.9 Å². The first kappa shape index (κ1) is 35.9. The molecule has 3 atom stereocenters. The lowest BCUT2D eigenvalue weighted by Gasteiger charge is -2.36. The first-order valence-electron chi connectivity index (χ1n) is 17.7. The van der Waals surface area contributed by atoms with E-state index in [0.717, 1.165) is 37.2 Å². The molecule has 1 fully saturated rings. The molecular weight excluding hydrogens is 673 g/mol. The molecule has 0 amide bonds. The molecule has 266 valence electrons. The Labute approximate surface area is 303 Å². The Morgan fingerprint density at radius 1 is 1.00 bits per heavy atom. The van der Waals surface area contributed by atoms with Crippen LogP contribution in [0, 0.1) is 11.8 Å². The number of hydrogen-bond donors (Lipinski definition) is 4. The minimum absolute atomic E-state index is 0.00300. The molecule has 3 aromatic carbocycles. The molecule has 3 aliphatic rings. The van der Waals surface area contributed by atoms with E-state index in [0.29, 0.717) is 69.4 Å². The highest BCUT2D eigenvalue weighted by atomic mass is 32.2. The second-order valence-electron chi connectivity index (χ2n) is 13.6. The molecule has 11 heteroatoms. The molecule has 3 aromatic rings. The Kier molecular flexibility index (Phi) is 11.4. The maximum absolute atomic E-state index is 13.6. The van der Waals surface area contributed by atoms with E-state index in [4.69, 9.17) is 26.4 Å². The largest absolute Gasteiger partial charge is 0.508 e. The van der Waals surface area contributed by atoms with Crippen molar-refractivity contribution < 1.29 is 34.0 Å². The van der Waals surface area contributed by atoms with Crippen LogP contribution in [0.3, 0.4) is 0 Å². The van der Waals surface area contributed by atoms with E-state index in [2.05, 4.69) is 24.5 Å². The smallest absolute Gasteiger partial charge is 0.342 e. The zero-order valence-electron chi connectivity index (χ0n) is 28.7. The van der Waals surface area contributed by atoms with Crippen LogP contribution >= 0.6 is 24.0 Å².